The summed E-state index contributed by atoms with van der Waals surface area (Å²) in [5.41, 5.74) is 6.99. The molecule has 1 aliphatic heterocycles. The van der Waals surface area contributed by atoms with Crippen molar-refractivity contribution < 1.29 is 0 Å². The molecule has 0 saturated carbocycles. The standard InChI is InChI=1S/C22H24N6S/c1-17-21(26-25-19-8-4-2-5-9-19)29-22(24-17)27-23-16-18-10-12-20(13-11-18)28-14-6-3-7-15-28/h2,4-5,8-13,16H,3,6-7,14-15H2,1H3,(H,24,27)/b23-16+,26-25?. The fraction of sp³-hybridized carbons (Fsp3) is 0.273. The summed E-state index contributed by atoms with van der Waals surface area (Å²) in [6, 6.07) is 18.2. The van der Waals surface area contributed by atoms with Crippen LogP contribution in [0.2, 0.25) is 0 Å². The number of hydrogen-bond acceptors (Lipinski definition) is 7. The Bertz CT molecular complexity index is 972. The van der Waals surface area contributed by atoms with Crippen molar-refractivity contribution in [2.24, 2.45) is 15.3 Å². The highest BCUT2D eigenvalue weighted by Crippen LogP contribution is 2.32. The van der Waals surface area contributed by atoms with Crippen molar-refractivity contribution >= 4 is 39.1 Å². The zero-order valence-electron chi connectivity index (χ0n) is 16.5. The molecule has 0 bridgehead atoms. The van der Waals surface area contributed by atoms with Crippen LogP contribution in [-0.2, 0) is 0 Å². The molecule has 7 heteroatoms. The number of nitrogens with zero attached hydrogens (tertiary/aromatic N) is 5. The number of azo groups is 1. The van der Waals surface area contributed by atoms with Gasteiger partial charge in [0.2, 0.25) is 5.13 Å². The molecule has 1 N–H and O–H groups in total. The van der Waals surface area contributed by atoms with Crippen LogP contribution in [0.15, 0.2) is 69.9 Å². The van der Waals surface area contributed by atoms with Crippen LogP contribution in [0.25, 0.3) is 0 Å². The molecule has 29 heavy (non-hydrogen) atoms. The van der Waals surface area contributed by atoms with Crippen LogP contribution in [-0.4, -0.2) is 24.3 Å². The Balaban J connectivity index is 1.35. The lowest BCUT2D eigenvalue weighted by Crippen LogP contribution is -2.29. The monoisotopic (exact) mass is 404 g/mol. The van der Waals surface area contributed by atoms with Gasteiger partial charge in [-0.15, -0.1) is 10.2 Å². The van der Waals surface area contributed by atoms with Crippen LogP contribution in [0.1, 0.15) is 30.5 Å². The fourth-order valence-electron chi connectivity index (χ4n) is 3.21. The summed E-state index contributed by atoms with van der Waals surface area (Å²) < 4.78 is 0. The van der Waals surface area contributed by atoms with E-state index in [1.807, 2.05) is 43.5 Å². The third-order valence-electron chi connectivity index (χ3n) is 4.77. The van der Waals surface area contributed by atoms with E-state index >= 15 is 0 Å². The lowest BCUT2D eigenvalue weighted by Gasteiger charge is -2.28. The number of hydrazone groups is 1. The molecule has 1 saturated heterocycles. The quantitative estimate of drug-likeness (QED) is 0.298. The van der Waals surface area contributed by atoms with Crippen LogP contribution in [0.5, 0.6) is 0 Å². The Kier molecular flexibility index (Phi) is 6.26. The predicted octanol–water partition coefficient (Wildman–Crippen LogP) is 6.30. The van der Waals surface area contributed by atoms with Gasteiger partial charge in [0.05, 0.1) is 17.6 Å². The first kappa shape index (κ1) is 19.3. The molecule has 1 aromatic heterocycles. The largest absolute Gasteiger partial charge is 0.372 e. The summed E-state index contributed by atoms with van der Waals surface area (Å²) in [5.74, 6) is 0. The van der Waals surface area contributed by atoms with Gasteiger partial charge in [0.25, 0.3) is 0 Å². The van der Waals surface area contributed by atoms with E-state index in [0.717, 1.165) is 35.0 Å². The Hall–Kier alpha value is -3.06. The maximum atomic E-state index is 4.46. The topological polar surface area (TPSA) is 65.2 Å². The van der Waals surface area contributed by atoms with E-state index in [1.54, 1.807) is 0 Å². The van der Waals surface area contributed by atoms with Gasteiger partial charge < -0.3 is 4.90 Å². The zero-order valence-corrected chi connectivity index (χ0v) is 17.3. The maximum Gasteiger partial charge on any atom is 0.205 e. The second-order valence-corrected chi connectivity index (χ2v) is 7.93. The molecule has 0 unspecified atom stereocenters. The van der Waals surface area contributed by atoms with Gasteiger partial charge in [0.1, 0.15) is 0 Å². The van der Waals surface area contributed by atoms with E-state index in [-0.39, 0.29) is 0 Å². The predicted molar refractivity (Wildman–Crippen MR) is 121 cm³/mol. The molecule has 1 aliphatic rings. The molecule has 2 aromatic carbocycles. The third-order valence-corrected chi connectivity index (χ3v) is 5.72. The van der Waals surface area contributed by atoms with Gasteiger partial charge in [0.15, 0.2) is 5.00 Å². The second-order valence-electron chi connectivity index (χ2n) is 6.95. The van der Waals surface area contributed by atoms with Crippen LogP contribution in [0.4, 0.5) is 21.5 Å². The van der Waals surface area contributed by atoms with Crippen LogP contribution in [0.3, 0.4) is 0 Å². The molecule has 0 amide bonds. The summed E-state index contributed by atoms with van der Waals surface area (Å²) in [7, 11) is 0. The number of thiazole rings is 1. The third kappa shape index (κ3) is 5.26. The molecule has 6 nitrogen and oxygen atoms in total. The van der Waals surface area contributed by atoms with Crippen molar-refractivity contribution in [2.75, 3.05) is 23.4 Å². The van der Waals surface area contributed by atoms with E-state index in [4.69, 9.17) is 0 Å². The summed E-state index contributed by atoms with van der Waals surface area (Å²) in [6.07, 6.45) is 5.72. The van der Waals surface area contributed by atoms with Gasteiger partial charge in [-0.2, -0.15) is 5.10 Å². The molecule has 0 radical (unpaired) electrons. The first-order valence-corrected chi connectivity index (χ1v) is 10.7. The van der Waals surface area contributed by atoms with Crippen molar-refractivity contribution in [1.82, 2.24) is 4.98 Å². The van der Waals surface area contributed by atoms with Crippen LogP contribution < -0.4 is 10.3 Å². The van der Waals surface area contributed by atoms with E-state index in [9.17, 15) is 0 Å². The first-order chi connectivity index (χ1) is 14.3. The van der Waals surface area contributed by atoms with Crippen LogP contribution in [0, 0.1) is 6.92 Å². The number of benzene rings is 2. The molecule has 148 valence electrons. The number of piperidine rings is 1. The van der Waals surface area contributed by atoms with E-state index < -0.39 is 0 Å². The lowest BCUT2D eigenvalue weighted by molar-refractivity contribution is 0.578. The summed E-state index contributed by atoms with van der Waals surface area (Å²) in [6.45, 7) is 4.23. The highest BCUT2D eigenvalue weighted by atomic mass is 32.1. The summed E-state index contributed by atoms with van der Waals surface area (Å²) in [4.78, 5) is 6.91. The number of aromatic nitrogens is 1. The maximum absolute atomic E-state index is 4.46. The molecule has 0 aliphatic carbocycles. The zero-order chi connectivity index (χ0) is 19.9. The number of aryl methyl sites for hydroxylation is 1. The lowest BCUT2D eigenvalue weighted by atomic mass is 10.1. The average Bonchev–Trinajstić information content (AvgIpc) is 3.13. The fourth-order valence-corrected chi connectivity index (χ4v) is 3.95. The van der Waals surface area contributed by atoms with Gasteiger partial charge in [-0.3, -0.25) is 5.43 Å². The first-order valence-electron chi connectivity index (χ1n) is 9.86. The highest BCUT2D eigenvalue weighted by Gasteiger charge is 2.10. The van der Waals surface area contributed by atoms with Crippen molar-refractivity contribution in [2.45, 2.75) is 26.2 Å². The normalized spacial score (nSPS) is 14.7. The van der Waals surface area contributed by atoms with Crippen molar-refractivity contribution in [1.29, 1.82) is 0 Å². The molecular formula is C22H24N6S. The number of nitrogens with one attached hydrogen (secondary N) is 1. The van der Waals surface area contributed by atoms with E-state index in [2.05, 4.69) is 54.9 Å². The molecule has 4 rings (SSSR count). The van der Waals surface area contributed by atoms with Gasteiger partial charge in [-0.25, -0.2) is 4.98 Å². The van der Waals surface area contributed by atoms with Crippen molar-refractivity contribution in [3.8, 4) is 0 Å². The van der Waals surface area contributed by atoms with Gasteiger partial charge in [-0.1, -0.05) is 41.7 Å². The Morgan fingerprint density at radius 3 is 2.48 bits per heavy atom. The molecule has 2 heterocycles. The van der Waals surface area contributed by atoms with Gasteiger partial charge in [-0.05, 0) is 56.0 Å². The smallest absolute Gasteiger partial charge is 0.205 e. The molecule has 0 spiro atoms. The van der Waals surface area contributed by atoms with Crippen LogP contribution >= 0.6 is 11.3 Å². The number of hydrogen-bond donors (Lipinski definition) is 1. The average molecular weight is 405 g/mol. The number of rotatable bonds is 6. The Morgan fingerprint density at radius 2 is 1.72 bits per heavy atom. The van der Waals surface area contributed by atoms with Crippen molar-refractivity contribution in [3.63, 3.8) is 0 Å². The van der Waals surface area contributed by atoms with Gasteiger partial charge >= 0.3 is 0 Å². The summed E-state index contributed by atoms with van der Waals surface area (Å²) >= 11 is 1.43. The van der Waals surface area contributed by atoms with E-state index in [1.165, 1.54) is 36.3 Å². The molecule has 0 atom stereocenters. The minimum atomic E-state index is 0.700. The summed E-state index contributed by atoms with van der Waals surface area (Å²) in [5, 5.41) is 14.3. The highest BCUT2D eigenvalue weighted by molar-refractivity contribution is 7.19. The van der Waals surface area contributed by atoms with E-state index in [0.29, 0.717) is 5.13 Å². The SMILES string of the molecule is Cc1nc(N/N=C/c2ccc(N3CCCCC3)cc2)sc1N=Nc1ccccc1. The number of anilines is 2. The Morgan fingerprint density at radius 1 is 0.966 bits per heavy atom. The Labute approximate surface area is 175 Å². The molecule has 3 aromatic rings. The molecular weight excluding hydrogens is 380 g/mol. The molecule has 1 fully saturated rings. The van der Waals surface area contributed by atoms with Crippen molar-refractivity contribution in [3.05, 3.63) is 65.9 Å². The minimum absolute atomic E-state index is 0.700. The second kappa shape index (κ2) is 9.43. The minimum Gasteiger partial charge on any atom is -0.372 e. The van der Waals surface area contributed by atoms with Gasteiger partial charge in [0, 0.05) is 18.8 Å².